The van der Waals surface area contributed by atoms with Gasteiger partial charge in [-0.15, -0.1) is 0 Å². The SMILES string of the molecule is COc1cc(OC)c(NC(=O)CN(C)C2CCCCC2)cc1Cl. The molecule has 2 rings (SSSR count). The summed E-state index contributed by atoms with van der Waals surface area (Å²) in [5.74, 6) is 0.971. The fourth-order valence-corrected chi connectivity index (χ4v) is 3.27. The average molecular weight is 341 g/mol. The summed E-state index contributed by atoms with van der Waals surface area (Å²) in [6.07, 6.45) is 6.14. The monoisotopic (exact) mass is 340 g/mol. The summed E-state index contributed by atoms with van der Waals surface area (Å²) >= 11 is 6.13. The number of ether oxygens (including phenoxy) is 2. The van der Waals surface area contributed by atoms with Gasteiger partial charge in [0, 0.05) is 12.1 Å². The number of anilines is 1. The van der Waals surface area contributed by atoms with Crippen LogP contribution in [0, 0.1) is 0 Å². The fourth-order valence-electron chi connectivity index (χ4n) is 3.02. The summed E-state index contributed by atoms with van der Waals surface area (Å²) in [6, 6.07) is 3.82. The van der Waals surface area contributed by atoms with Crippen LogP contribution in [-0.2, 0) is 4.79 Å². The Morgan fingerprint density at radius 1 is 1.22 bits per heavy atom. The largest absolute Gasteiger partial charge is 0.495 e. The summed E-state index contributed by atoms with van der Waals surface area (Å²) in [5, 5.41) is 3.31. The van der Waals surface area contributed by atoms with Gasteiger partial charge in [-0.3, -0.25) is 9.69 Å². The second-order valence-corrected chi connectivity index (χ2v) is 6.35. The Morgan fingerprint density at radius 3 is 2.48 bits per heavy atom. The molecule has 0 aliphatic heterocycles. The minimum Gasteiger partial charge on any atom is -0.495 e. The molecule has 1 amide bonds. The lowest BCUT2D eigenvalue weighted by molar-refractivity contribution is -0.117. The number of benzene rings is 1. The molecule has 1 aliphatic carbocycles. The molecule has 23 heavy (non-hydrogen) atoms. The van der Waals surface area contributed by atoms with E-state index in [1.165, 1.54) is 39.2 Å². The number of carbonyl (C=O) groups excluding carboxylic acids is 1. The zero-order valence-electron chi connectivity index (χ0n) is 14.0. The van der Waals surface area contributed by atoms with Gasteiger partial charge in [0.05, 0.1) is 31.5 Å². The van der Waals surface area contributed by atoms with Gasteiger partial charge in [0.15, 0.2) is 0 Å². The maximum Gasteiger partial charge on any atom is 0.238 e. The van der Waals surface area contributed by atoms with Crippen molar-refractivity contribution in [1.82, 2.24) is 4.90 Å². The first kappa shape index (κ1) is 17.9. The van der Waals surface area contributed by atoms with E-state index in [2.05, 4.69) is 10.2 Å². The van der Waals surface area contributed by atoms with Crippen molar-refractivity contribution in [1.29, 1.82) is 0 Å². The number of nitrogens with one attached hydrogen (secondary N) is 1. The number of likely N-dealkylation sites (N-methyl/N-ethyl adjacent to an activating group) is 1. The highest BCUT2D eigenvalue weighted by Crippen LogP contribution is 2.35. The Bertz CT molecular complexity index is 545. The van der Waals surface area contributed by atoms with Gasteiger partial charge in [0.25, 0.3) is 0 Å². The van der Waals surface area contributed by atoms with E-state index < -0.39 is 0 Å². The van der Waals surface area contributed by atoms with E-state index in [0.717, 1.165) is 0 Å². The molecule has 1 saturated carbocycles. The van der Waals surface area contributed by atoms with Crippen LogP contribution in [-0.4, -0.2) is 44.7 Å². The number of nitrogens with zero attached hydrogens (tertiary/aromatic N) is 1. The number of methoxy groups -OCH3 is 2. The van der Waals surface area contributed by atoms with Crippen molar-refractivity contribution in [2.75, 3.05) is 33.1 Å². The highest BCUT2D eigenvalue weighted by Gasteiger charge is 2.20. The molecular formula is C17H25ClN2O3. The maximum absolute atomic E-state index is 12.3. The first-order valence-corrected chi connectivity index (χ1v) is 8.34. The van der Waals surface area contributed by atoms with Crippen LogP contribution in [0.5, 0.6) is 11.5 Å². The molecule has 1 aromatic rings. The number of hydrogen-bond acceptors (Lipinski definition) is 4. The Kier molecular flexibility index (Phi) is 6.54. The third kappa shape index (κ3) is 4.75. The highest BCUT2D eigenvalue weighted by molar-refractivity contribution is 6.32. The van der Waals surface area contributed by atoms with Gasteiger partial charge in [-0.05, 0) is 26.0 Å². The van der Waals surface area contributed by atoms with E-state index in [1.807, 2.05) is 7.05 Å². The topological polar surface area (TPSA) is 50.8 Å². The first-order valence-electron chi connectivity index (χ1n) is 7.96. The first-order chi connectivity index (χ1) is 11.0. The van der Waals surface area contributed by atoms with Gasteiger partial charge in [-0.25, -0.2) is 0 Å². The lowest BCUT2D eigenvalue weighted by Gasteiger charge is -2.30. The lowest BCUT2D eigenvalue weighted by Crippen LogP contribution is -2.39. The van der Waals surface area contributed by atoms with E-state index in [-0.39, 0.29) is 5.91 Å². The van der Waals surface area contributed by atoms with Gasteiger partial charge in [-0.2, -0.15) is 0 Å². The normalized spacial score (nSPS) is 15.5. The van der Waals surface area contributed by atoms with Crippen LogP contribution in [0.15, 0.2) is 12.1 Å². The molecule has 0 radical (unpaired) electrons. The molecule has 1 fully saturated rings. The quantitative estimate of drug-likeness (QED) is 0.860. The summed E-state index contributed by atoms with van der Waals surface area (Å²) in [4.78, 5) is 14.4. The van der Waals surface area contributed by atoms with E-state index in [9.17, 15) is 4.79 Å². The molecule has 1 N–H and O–H groups in total. The second-order valence-electron chi connectivity index (χ2n) is 5.94. The minimum atomic E-state index is -0.0717. The number of halogens is 1. The van der Waals surface area contributed by atoms with Gasteiger partial charge in [-0.1, -0.05) is 30.9 Å². The van der Waals surface area contributed by atoms with Crippen molar-refractivity contribution in [3.8, 4) is 11.5 Å². The molecule has 0 heterocycles. The molecule has 0 saturated heterocycles. The van der Waals surface area contributed by atoms with Gasteiger partial charge >= 0.3 is 0 Å². The van der Waals surface area contributed by atoms with E-state index in [4.69, 9.17) is 21.1 Å². The van der Waals surface area contributed by atoms with Gasteiger partial charge in [0.2, 0.25) is 5.91 Å². The third-order valence-electron chi connectivity index (χ3n) is 4.34. The van der Waals surface area contributed by atoms with Crippen LogP contribution >= 0.6 is 11.6 Å². The van der Waals surface area contributed by atoms with Crippen LogP contribution in [0.2, 0.25) is 5.02 Å². The standard InChI is InChI=1S/C17H25ClN2O3/c1-20(12-7-5-4-6-8-12)11-17(21)19-14-9-13(18)15(22-2)10-16(14)23-3/h9-10,12H,4-8,11H2,1-3H3,(H,19,21). The van der Waals surface area contributed by atoms with Crippen molar-refractivity contribution in [2.45, 2.75) is 38.1 Å². The summed E-state index contributed by atoms with van der Waals surface area (Å²) in [7, 11) is 5.10. The summed E-state index contributed by atoms with van der Waals surface area (Å²) in [6.45, 7) is 0.359. The van der Waals surface area contributed by atoms with Crippen LogP contribution in [0.4, 0.5) is 5.69 Å². The van der Waals surface area contributed by atoms with Gasteiger partial charge in [0.1, 0.15) is 11.5 Å². The van der Waals surface area contributed by atoms with Crippen molar-refractivity contribution in [3.63, 3.8) is 0 Å². The molecular weight excluding hydrogens is 316 g/mol. The van der Waals surface area contributed by atoms with E-state index >= 15 is 0 Å². The summed E-state index contributed by atoms with van der Waals surface area (Å²) in [5.41, 5.74) is 0.556. The van der Waals surface area contributed by atoms with Crippen molar-refractivity contribution in [2.24, 2.45) is 0 Å². The Balaban J connectivity index is 2.00. The molecule has 0 aromatic heterocycles. The smallest absolute Gasteiger partial charge is 0.238 e. The van der Waals surface area contributed by atoms with E-state index in [1.54, 1.807) is 19.2 Å². The molecule has 1 aliphatic rings. The molecule has 0 atom stereocenters. The number of amides is 1. The Morgan fingerprint density at radius 2 is 1.87 bits per heavy atom. The van der Waals surface area contributed by atoms with Crippen LogP contribution in [0.1, 0.15) is 32.1 Å². The molecule has 128 valence electrons. The molecule has 6 heteroatoms. The predicted molar refractivity (Wildman–Crippen MR) is 92.7 cm³/mol. The van der Waals surface area contributed by atoms with Crippen LogP contribution < -0.4 is 14.8 Å². The van der Waals surface area contributed by atoms with Crippen molar-refractivity contribution in [3.05, 3.63) is 17.2 Å². The molecule has 0 unspecified atom stereocenters. The summed E-state index contributed by atoms with van der Waals surface area (Å²) < 4.78 is 10.5. The Labute approximate surface area is 142 Å². The minimum absolute atomic E-state index is 0.0717. The number of rotatable bonds is 6. The zero-order chi connectivity index (χ0) is 16.8. The zero-order valence-corrected chi connectivity index (χ0v) is 14.8. The fraction of sp³-hybridized carbons (Fsp3) is 0.588. The maximum atomic E-state index is 12.3. The predicted octanol–water partition coefficient (Wildman–Crippen LogP) is 3.56. The molecule has 1 aromatic carbocycles. The number of hydrogen-bond donors (Lipinski definition) is 1. The molecule has 0 spiro atoms. The van der Waals surface area contributed by atoms with Gasteiger partial charge < -0.3 is 14.8 Å². The van der Waals surface area contributed by atoms with Crippen molar-refractivity contribution < 1.29 is 14.3 Å². The number of carbonyl (C=O) groups is 1. The molecule has 0 bridgehead atoms. The molecule has 5 nitrogen and oxygen atoms in total. The van der Waals surface area contributed by atoms with Crippen molar-refractivity contribution >= 4 is 23.2 Å². The van der Waals surface area contributed by atoms with E-state index in [0.29, 0.717) is 34.8 Å². The van der Waals surface area contributed by atoms with Crippen LogP contribution in [0.25, 0.3) is 0 Å². The lowest BCUT2D eigenvalue weighted by atomic mass is 9.94. The average Bonchev–Trinajstić information content (AvgIpc) is 2.55. The van der Waals surface area contributed by atoms with Crippen LogP contribution in [0.3, 0.4) is 0 Å². The third-order valence-corrected chi connectivity index (χ3v) is 4.63. The second kappa shape index (κ2) is 8.41. The Hall–Kier alpha value is -1.46. The highest BCUT2D eigenvalue weighted by atomic mass is 35.5.